The van der Waals surface area contributed by atoms with Crippen LogP contribution in [0.15, 0.2) is 0 Å². The van der Waals surface area contributed by atoms with Gasteiger partial charge in [-0.15, -0.1) is 0 Å². The highest BCUT2D eigenvalue weighted by Gasteiger charge is 2.31. The van der Waals surface area contributed by atoms with Crippen molar-refractivity contribution in [3.63, 3.8) is 0 Å². The van der Waals surface area contributed by atoms with Crippen LogP contribution in [0.3, 0.4) is 0 Å². The van der Waals surface area contributed by atoms with E-state index < -0.39 is 16.1 Å². The van der Waals surface area contributed by atoms with Crippen molar-refractivity contribution in [1.82, 2.24) is 4.31 Å². The Hall–Kier alpha value is -0.210. The summed E-state index contributed by atoms with van der Waals surface area (Å²) in [5, 5.41) is 9.09. The van der Waals surface area contributed by atoms with E-state index in [-0.39, 0.29) is 19.0 Å². The van der Waals surface area contributed by atoms with Gasteiger partial charge in [0.2, 0.25) is 10.0 Å². The Morgan fingerprint density at radius 1 is 1.56 bits per heavy atom. The van der Waals surface area contributed by atoms with Gasteiger partial charge < -0.3 is 14.6 Å². The zero-order valence-corrected chi connectivity index (χ0v) is 10.3. The van der Waals surface area contributed by atoms with Gasteiger partial charge in [-0.3, -0.25) is 0 Å². The average Bonchev–Trinajstić information content (AvgIpc) is 2.29. The molecule has 6 nitrogen and oxygen atoms in total. The van der Waals surface area contributed by atoms with Gasteiger partial charge in [0.25, 0.3) is 0 Å². The second-order valence-electron chi connectivity index (χ2n) is 3.68. The first-order chi connectivity index (χ1) is 7.61. The molecular formula is C9H19NO5S. The fourth-order valence-electron chi connectivity index (χ4n) is 1.65. The molecule has 0 radical (unpaired) electrons. The molecule has 0 aliphatic carbocycles. The molecule has 16 heavy (non-hydrogen) atoms. The predicted octanol–water partition coefficient (Wildman–Crippen LogP) is -0.954. The SMILES string of the molecule is COCCCS(=O)(=O)N1CCOCC1CO. The van der Waals surface area contributed by atoms with Gasteiger partial charge in [-0.1, -0.05) is 0 Å². The number of sulfonamides is 1. The Morgan fingerprint density at radius 2 is 2.31 bits per heavy atom. The second-order valence-corrected chi connectivity index (χ2v) is 5.73. The largest absolute Gasteiger partial charge is 0.395 e. The van der Waals surface area contributed by atoms with Crippen LogP contribution >= 0.6 is 0 Å². The zero-order chi connectivity index (χ0) is 12.0. The second kappa shape index (κ2) is 6.51. The predicted molar refractivity (Wildman–Crippen MR) is 58.7 cm³/mol. The first kappa shape index (κ1) is 13.9. The van der Waals surface area contributed by atoms with Crippen LogP contribution in [0.4, 0.5) is 0 Å². The Morgan fingerprint density at radius 3 is 2.94 bits per heavy atom. The zero-order valence-electron chi connectivity index (χ0n) is 9.46. The number of hydrogen-bond donors (Lipinski definition) is 1. The molecule has 1 fully saturated rings. The van der Waals surface area contributed by atoms with Crippen LogP contribution in [0, 0.1) is 0 Å². The third-order valence-electron chi connectivity index (χ3n) is 2.49. The smallest absolute Gasteiger partial charge is 0.214 e. The minimum Gasteiger partial charge on any atom is -0.395 e. The van der Waals surface area contributed by atoms with Gasteiger partial charge >= 0.3 is 0 Å². The van der Waals surface area contributed by atoms with E-state index in [4.69, 9.17) is 14.6 Å². The van der Waals surface area contributed by atoms with Crippen LogP contribution in [0.1, 0.15) is 6.42 Å². The molecule has 0 spiro atoms. The van der Waals surface area contributed by atoms with E-state index in [0.29, 0.717) is 26.2 Å². The fraction of sp³-hybridized carbons (Fsp3) is 1.00. The third-order valence-corrected chi connectivity index (χ3v) is 4.49. The number of morpholine rings is 1. The lowest BCUT2D eigenvalue weighted by molar-refractivity contribution is 0.0108. The van der Waals surface area contributed by atoms with Gasteiger partial charge in [0.15, 0.2) is 0 Å². The van der Waals surface area contributed by atoms with Gasteiger partial charge in [0.05, 0.1) is 31.6 Å². The fourth-order valence-corrected chi connectivity index (χ4v) is 3.30. The van der Waals surface area contributed by atoms with Crippen molar-refractivity contribution in [3.05, 3.63) is 0 Å². The van der Waals surface area contributed by atoms with Crippen molar-refractivity contribution in [3.8, 4) is 0 Å². The number of rotatable bonds is 6. The van der Waals surface area contributed by atoms with Crippen molar-refractivity contribution in [2.24, 2.45) is 0 Å². The molecule has 96 valence electrons. The van der Waals surface area contributed by atoms with Crippen molar-refractivity contribution in [2.45, 2.75) is 12.5 Å². The summed E-state index contributed by atoms with van der Waals surface area (Å²) in [7, 11) is -1.76. The Balaban J connectivity index is 2.57. The van der Waals surface area contributed by atoms with E-state index in [1.807, 2.05) is 0 Å². The number of hydrogen-bond acceptors (Lipinski definition) is 5. The van der Waals surface area contributed by atoms with E-state index in [1.54, 1.807) is 0 Å². The lowest BCUT2D eigenvalue weighted by atomic mass is 10.3. The average molecular weight is 253 g/mol. The molecule has 1 unspecified atom stereocenters. The first-order valence-electron chi connectivity index (χ1n) is 5.29. The Kier molecular flexibility index (Phi) is 5.63. The van der Waals surface area contributed by atoms with Gasteiger partial charge in [0.1, 0.15) is 0 Å². The monoisotopic (exact) mass is 253 g/mol. The molecule has 0 aromatic carbocycles. The van der Waals surface area contributed by atoms with E-state index in [1.165, 1.54) is 11.4 Å². The summed E-state index contributed by atoms with van der Waals surface area (Å²) < 4.78 is 35.2. The molecule has 1 heterocycles. The minimum atomic E-state index is -3.30. The molecule has 1 rings (SSSR count). The molecule has 1 saturated heterocycles. The van der Waals surface area contributed by atoms with Crippen molar-refractivity contribution < 1.29 is 23.0 Å². The van der Waals surface area contributed by atoms with Crippen LogP contribution in [0.2, 0.25) is 0 Å². The molecule has 0 aromatic rings. The summed E-state index contributed by atoms with van der Waals surface area (Å²) in [6.07, 6.45) is 0.467. The van der Waals surface area contributed by atoms with Crippen LogP contribution in [-0.4, -0.2) is 69.7 Å². The quantitative estimate of drug-likeness (QED) is 0.617. The number of aliphatic hydroxyl groups is 1. The Labute approximate surface area is 96.2 Å². The molecular weight excluding hydrogens is 234 g/mol. The molecule has 1 atom stereocenters. The molecule has 0 saturated carbocycles. The molecule has 1 aliphatic heterocycles. The van der Waals surface area contributed by atoms with Crippen molar-refractivity contribution in [2.75, 3.05) is 45.8 Å². The first-order valence-corrected chi connectivity index (χ1v) is 6.90. The number of methoxy groups -OCH3 is 1. The topological polar surface area (TPSA) is 76.1 Å². The normalized spacial score (nSPS) is 23.5. The van der Waals surface area contributed by atoms with E-state index in [9.17, 15) is 8.42 Å². The summed E-state index contributed by atoms with van der Waals surface area (Å²) in [6, 6.07) is -0.443. The Bertz CT molecular complexity index is 292. The molecule has 0 bridgehead atoms. The highest BCUT2D eigenvalue weighted by atomic mass is 32.2. The van der Waals surface area contributed by atoms with E-state index >= 15 is 0 Å². The third kappa shape index (κ3) is 3.67. The van der Waals surface area contributed by atoms with Gasteiger partial charge in [0, 0.05) is 20.3 Å². The number of aliphatic hydroxyl groups excluding tert-OH is 1. The van der Waals surface area contributed by atoms with Crippen molar-refractivity contribution in [1.29, 1.82) is 0 Å². The lowest BCUT2D eigenvalue weighted by Crippen LogP contribution is -2.51. The van der Waals surface area contributed by atoms with Crippen molar-refractivity contribution >= 4 is 10.0 Å². The number of ether oxygens (including phenoxy) is 2. The number of nitrogens with zero attached hydrogens (tertiary/aromatic N) is 1. The summed E-state index contributed by atoms with van der Waals surface area (Å²) in [6.45, 7) is 1.19. The van der Waals surface area contributed by atoms with Gasteiger partial charge in [-0.2, -0.15) is 4.31 Å². The molecule has 0 amide bonds. The standard InChI is InChI=1S/C9H19NO5S/c1-14-4-2-6-16(12,13)10-3-5-15-8-9(10)7-11/h9,11H,2-8H2,1H3. The summed E-state index contributed by atoms with van der Waals surface area (Å²) in [5.41, 5.74) is 0. The van der Waals surface area contributed by atoms with Crippen LogP contribution < -0.4 is 0 Å². The highest BCUT2D eigenvalue weighted by Crippen LogP contribution is 2.13. The summed E-state index contributed by atoms with van der Waals surface area (Å²) >= 11 is 0. The van der Waals surface area contributed by atoms with Crippen LogP contribution in [0.25, 0.3) is 0 Å². The van der Waals surface area contributed by atoms with Gasteiger partial charge in [-0.25, -0.2) is 8.42 Å². The molecule has 1 N–H and O–H groups in total. The van der Waals surface area contributed by atoms with E-state index in [0.717, 1.165) is 0 Å². The highest BCUT2D eigenvalue weighted by molar-refractivity contribution is 7.89. The van der Waals surface area contributed by atoms with Crippen LogP contribution in [-0.2, 0) is 19.5 Å². The van der Waals surface area contributed by atoms with Gasteiger partial charge in [-0.05, 0) is 6.42 Å². The minimum absolute atomic E-state index is 0.0529. The maximum Gasteiger partial charge on any atom is 0.214 e. The molecule has 1 aliphatic rings. The maximum absolute atomic E-state index is 11.9. The maximum atomic E-state index is 11.9. The molecule has 7 heteroatoms. The lowest BCUT2D eigenvalue weighted by Gasteiger charge is -2.33. The summed E-state index contributed by atoms with van der Waals surface area (Å²) in [5.74, 6) is 0.0529. The molecule has 0 aromatic heterocycles. The van der Waals surface area contributed by atoms with E-state index in [2.05, 4.69) is 0 Å². The van der Waals surface area contributed by atoms with Crippen LogP contribution in [0.5, 0.6) is 0 Å². The summed E-state index contributed by atoms with van der Waals surface area (Å²) in [4.78, 5) is 0.